The second-order valence-electron chi connectivity index (χ2n) is 4.93. The van der Waals surface area contributed by atoms with Gasteiger partial charge in [-0.1, -0.05) is 51.5 Å². The minimum absolute atomic E-state index is 0.408. The Bertz CT molecular complexity index is 468. The van der Waals surface area contributed by atoms with Crippen molar-refractivity contribution in [3.63, 3.8) is 0 Å². The number of carbonyl (C=O) groups is 1. The van der Waals surface area contributed by atoms with Crippen molar-refractivity contribution in [1.29, 1.82) is 0 Å². The molecule has 0 aromatic rings. The van der Waals surface area contributed by atoms with E-state index in [9.17, 15) is 9.90 Å². The normalized spacial score (nSPS) is 12.5. The zero-order valence-electron chi connectivity index (χ0n) is 13.6. The van der Waals surface area contributed by atoms with Crippen molar-refractivity contribution in [2.24, 2.45) is 0 Å². The van der Waals surface area contributed by atoms with Crippen LogP contribution in [0.15, 0.2) is 24.8 Å². The molecular formula is C19H26O3. The predicted molar refractivity (Wildman–Crippen MR) is 89.8 cm³/mol. The molecule has 0 aromatic heterocycles. The van der Waals surface area contributed by atoms with Crippen LogP contribution < -0.4 is 0 Å². The largest absolute Gasteiger partial charge is 0.445 e. The lowest BCUT2D eigenvalue weighted by atomic mass is 10.1. The number of allylic oxidation sites excluding steroid dienone is 1. The van der Waals surface area contributed by atoms with E-state index in [1.165, 1.54) is 32.3 Å². The van der Waals surface area contributed by atoms with Crippen LogP contribution in [0.4, 0.5) is 0 Å². The first-order chi connectivity index (χ1) is 10.6. The van der Waals surface area contributed by atoms with Crippen LogP contribution in [0.2, 0.25) is 0 Å². The maximum atomic E-state index is 10.8. The summed E-state index contributed by atoms with van der Waals surface area (Å²) in [7, 11) is 0. The van der Waals surface area contributed by atoms with E-state index in [1.807, 2.05) is 0 Å². The molecule has 2 atom stereocenters. The van der Waals surface area contributed by atoms with Gasteiger partial charge in [0.1, 0.15) is 0 Å². The van der Waals surface area contributed by atoms with Crippen molar-refractivity contribution in [2.45, 2.75) is 64.6 Å². The first kappa shape index (κ1) is 20.0. The van der Waals surface area contributed by atoms with Crippen molar-refractivity contribution in [2.75, 3.05) is 0 Å². The van der Waals surface area contributed by atoms with E-state index in [0.29, 0.717) is 0 Å². The highest BCUT2D eigenvalue weighted by Crippen LogP contribution is 2.07. The quantitative estimate of drug-likeness (QED) is 0.307. The van der Waals surface area contributed by atoms with E-state index in [4.69, 9.17) is 4.74 Å². The average molecular weight is 302 g/mol. The molecule has 22 heavy (non-hydrogen) atoms. The van der Waals surface area contributed by atoms with E-state index >= 15 is 0 Å². The number of esters is 1. The molecule has 0 spiro atoms. The van der Waals surface area contributed by atoms with Gasteiger partial charge in [-0.15, -0.1) is 0 Å². The molecule has 0 heterocycles. The molecule has 1 N–H and O–H groups in total. The van der Waals surface area contributed by atoms with Gasteiger partial charge in [0, 0.05) is 6.92 Å². The number of ether oxygens (including phenoxy) is 1. The number of hydrogen-bond donors (Lipinski definition) is 1. The highest BCUT2D eigenvalue weighted by molar-refractivity contribution is 5.66. The molecule has 3 heteroatoms. The van der Waals surface area contributed by atoms with Gasteiger partial charge in [0.2, 0.25) is 0 Å². The summed E-state index contributed by atoms with van der Waals surface area (Å²) in [5.41, 5.74) is 0. The van der Waals surface area contributed by atoms with Crippen molar-refractivity contribution < 1.29 is 14.6 Å². The minimum Gasteiger partial charge on any atom is -0.445 e. The van der Waals surface area contributed by atoms with Gasteiger partial charge in [-0.25, -0.2) is 0 Å². The third-order valence-corrected chi connectivity index (χ3v) is 2.86. The molecule has 0 aromatic carbocycles. The standard InChI is InChI=1S/C19H26O3/c1-4-6-7-8-11-14-18(21)15-12-9-10-13-16-19(5-2)22-17(3)20/h5,12,15,18-19,21H,2,4,6-8,11,14H2,1,3H3/b15-12+/t18-,19+/m0/s1. The van der Waals surface area contributed by atoms with E-state index in [2.05, 4.69) is 37.2 Å². The predicted octanol–water partition coefficient (Wildman–Crippen LogP) is 3.39. The van der Waals surface area contributed by atoms with Crippen LogP contribution in [-0.4, -0.2) is 23.3 Å². The fraction of sp³-hybridized carbons (Fsp3) is 0.526. The topological polar surface area (TPSA) is 46.5 Å². The number of aliphatic hydroxyl groups is 1. The summed E-state index contributed by atoms with van der Waals surface area (Å²) in [6.45, 7) is 7.02. The molecule has 3 nitrogen and oxygen atoms in total. The Labute approximate surface area is 134 Å². The van der Waals surface area contributed by atoms with Gasteiger partial charge >= 0.3 is 5.97 Å². The summed E-state index contributed by atoms with van der Waals surface area (Å²) in [6.07, 6.45) is 10.3. The summed E-state index contributed by atoms with van der Waals surface area (Å²) in [4.78, 5) is 10.8. The summed E-state index contributed by atoms with van der Waals surface area (Å²) < 4.78 is 4.86. The molecule has 0 rings (SSSR count). The summed E-state index contributed by atoms with van der Waals surface area (Å²) in [5, 5.41) is 9.73. The molecule has 0 saturated heterocycles. The number of hydrogen-bond acceptors (Lipinski definition) is 3. The third kappa shape index (κ3) is 13.0. The molecule has 0 amide bonds. The molecule has 120 valence electrons. The number of rotatable bonds is 9. The maximum Gasteiger partial charge on any atom is 0.304 e. The van der Waals surface area contributed by atoms with Gasteiger partial charge in [0.25, 0.3) is 0 Å². The van der Waals surface area contributed by atoms with Gasteiger partial charge < -0.3 is 9.84 Å². The van der Waals surface area contributed by atoms with Crippen LogP contribution in [0.5, 0.6) is 0 Å². The first-order valence-electron chi connectivity index (χ1n) is 7.75. The highest BCUT2D eigenvalue weighted by Gasteiger charge is 2.01. The van der Waals surface area contributed by atoms with Crippen LogP contribution in [0, 0.1) is 23.7 Å². The Morgan fingerprint density at radius 3 is 2.64 bits per heavy atom. The monoisotopic (exact) mass is 302 g/mol. The molecule has 0 saturated carbocycles. The molecule has 0 unspecified atom stereocenters. The SMILES string of the molecule is C=C[C@H](C#CC#C/C=C/[C@@H](O)CCCCCCC)OC(C)=O. The van der Waals surface area contributed by atoms with E-state index in [0.717, 1.165) is 19.3 Å². The second kappa shape index (κ2) is 14.0. The number of aliphatic hydroxyl groups excluding tert-OH is 1. The van der Waals surface area contributed by atoms with Crippen molar-refractivity contribution in [3.8, 4) is 23.7 Å². The molecule has 0 radical (unpaired) electrons. The van der Waals surface area contributed by atoms with Crippen LogP contribution in [0.25, 0.3) is 0 Å². The second-order valence-corrected chi connectivity index (χ2v) is 4.93. The van der Waals surface area contributed by atoms with E-state index < -0.39 is 18.2 Å². The Morgan fingerprint density at radius 1 is 1.27 bits per heavy atom. The number of carbonyl (C=O) groups excluding carboxylic acids is 1. The van der Waals surface area contributed by atoms with Crippen LogP contribution in [0.3, 0.4) is 0 Å². The van der Waals surface area contributed by atoms with E-state index in [-0.39, 0.29) is 0 Å². The zero-order chi connectivity index (χ0) is 16.6. The fourth-order valence-electron chi connectivity index (χ4n) is 1.71. The Kier molecular flexibility index (Phi) is 12.7. The highest BCUT2D eigenvalue weighted by atomic mass is 16.5. The molecule has 0 bridgehead atoms. The van der Waals surface area contributed by atoms with Crippen LogP contribution in [0.1, 0.15) is 52.4 Å². The molecular weight excluding hydrogens is 276 g/mol. The first-order valence-corrected chi connectivity index (χ1v) is 7.75. The summed E-state index contributed by atoms with van der Waals surface area (Å²) in [5.74, 6) is 10.2. The summed E-state index contributed by atoms with van der Waals surface area (Å²) >= 11 is 0. The molecule has 0 aliphatic carbocycles. The third-order valence-electron chi connectivity index (χ3n) is 2.86. The Hall–Kier alpha value is -1.97. The van der Waals surface area contributed by atoms with Gasteiger partial charge in [0.05, 0.1) is 6.10 Å². The Balaban J connectivity index is 4.02. The van der Waals surface area contributed by atoms with Gasteiger partial charge in [-0.2, -0.15) is 0 Å². The van der Waals surface area contributed by atoms with Crippen LogP contribution >= 0.6 is 0 Å². The van der Waals surface area contributed by atoms with Crippen LogP contribution in [-0.2, 0) is 9.53 Å². The summed E-state index contributed by atoms with van der Waals surface area (Å²) in [6, 6.07) is 0. The average Bonchev–Trinajstić information content (AvgIpc) is 2.48. The zero-order valence-corrected chi connectivity index (χ0v) is 13.6. The molecule has 0 aliphatic heterocycles. The van der Waals surface area contributed by atoms with Crippen molar-refractivity contribution in [3.05, 3.63) is 24.8 Å². The van der Waals surface area contributed by atoms with Gasteiger partial charge in [0.15, 0.2) is 6.10 Å². The van der Waals surface area contributed by atoms with E-state index in [1.54, 1.807) is 12.2 Å². The van der Waals surface area contributed by atoms with Crippen molar-refractivity contribution in [1.82, 2.24) is 0 Å². The lowest BCUT2D eigenvalue weighted by molar-refractivity contribution is -0.142. The number of unbranched alkanes of at least 4 members (excludes halogenated alkanes) is 4. The van der Waals surface area contributed by atoms with Gasteiger partial charge in [-0.05, 0) is 42.4 Å². The smallest absolute Gasteiger partial charge is 0.304 e. The minimum atomic E-state index is -0.635. The van der Waals surface area contributed by atoms with Gasteiger partial charge in [-0.3, -0.25) is 4.79 Å². The molecule has 0 aliphatic rings. The lowest BCUT2D eigenvalue weighted by Gasteiger charge is -2.04. The fourth-order valence-corrected chi connectivity index (χ4v) is 1.71. The molecule has 0 fully saturated rings. The Morgan fingerprint density at radius 2 is 2.00 bits per heavy atom. The lowest BCUT2D eigenvalue weighted by Crippen LogP contribution is -2.10. The van der Waals surface area contributed by atoms with Crippen molar-refractivity contribution >= 4 is 5.97 Å². The maximum absolute atomic E-state index is 10.8.